The molecule has 0 aromatic heterocycles. The number of aliphatic hydroxyl groups excluding tert-OH is 1. The van der Waals surface area contributed by atoms with Crippen molar-refractivity contribution in [2.24, 2.45) is 0 Å². The standard InChI is InChI=1S/C16H22F3N3O2/c1-2-12(6-7-23)20-15(24)21-14-5-3-4-11-8-22(9-13(11)14)10-16(17,18)19/h3-5,12,23H,2,6-10H2,1H3,(H2,20,21,24)/t12-/m0/s1. The highest BCUT2D eigenvalue weighted by Gasteiger charge is 2.34. The summed E-state index contributed by atoms with van der Waals surface area (Å²) in [5.41, 5.74) is 2.03. The van der Waals surface area contributed by atoms with E-state index in [1.807, 2.05) is 6.92 Å². The van der Waals surface area contributed by atoms with Crippen LogP contribution in [0.15, 0.2) is 18.2 Å². The molecule has 0 saturated heterocycles. The van der Waals surface area contributed by atoms with E-state index in [1.165, 1.54) is 4.90 Å². The Hall–Kier alpha value is -1.80. The van der Waals surface area contributed by atoms with Crippen molar-refractivity contribution >= 4 is 11.7 Å². The van der Waals surface area contributed by atoms with E-state index in [-0.39, 0.29) is 25.7 Å². The van der Waals surface area contributed by atoms with Crippen molar-refractivity contribution in [3.63, 3.8) is 0 Å². The van der Waals surface area contributed by atoms with Crippen LogP contribution in [0.1, 0.15) is 30.9 Å². The maximum atomic E-state index is 12.6. The Kier molecular flexibility index (Phi) is 6.06. The third-order valence-electron chi connectivity index (χ3n) is 4.01. The van der Waals surface area contributed by atoms with E-state index in [0.29, 0.717) is 24.1 Å². The van der Waals surface area contributed by atoms with Gasteiger partial charge in [0.1, 0.15) is 0 Å². The number of carbonyl (C=O) groups is 1. The van der Waals surface area contributed by atoms with Gasteiger partial charge >= 0.3 is 12.2 Å². The molecule has 0 bridgehead atoms. The number of urea groups is 1. The first-order chi connectivity index (χ1) is 11.3. The number of fused-ring (bicyclic) bond motifs is 1. The molecule has 134 valence electrons. The van der Waals surface area contributed by atoms with Crippen molar-refractivity contribution in [2.75, 3.05) is 18.5 Å². The van der Waals surface area contributed by atoms with Gasteiger partial charge in [-0.1, -0.05) is 19.1 Å². The lowest BCUT2D eigenvalue weighted by Crippen LogP contribution is -2.38. The van der Waals surface area contributed by atoms with Crippen LogP contribution in [0.5, 0.6) is 0 Å². The first-order valence-corrected chi connectivity index (χ1v) is 7.90. The Bertz CT molecular complexity index is 578. The molecule has 1 aromatic carbocycles. The topological polar surface area (TPSA) is 64.6 Å². The Balaban J connectivity index is 2.02. The Labute approximate surface area is 138 Å². The number of nitrogens with zero attached hydrogens (tertiary/aromatic N) is 1. The second-order valence-electron chi connectivity index (χ2n) is 5.92. The minimum absolute atomic E-state index is 0.0219. The number of alkyl halides is 3. The summed E-state index contributed by atoms with van der Waals surface area (Å²) < 4.78 is 37.7. The average molecular weight is 345 g/mol. The number of hydrogen-bond acceptors (Lipinski definition) is 3. The second kappa shape index (κ2) is 7.85. The van der Waals surface area contributed by atoms with E-state index in [2.05, 4.69) is 10.6 Å². The SMILES string of the molecule is CC[C@@H](CCO)NC(=O)Nc1cccc2c1CN(CC(F)(F)F)C2. The van der Waals surface area contributed by atoms with Gasteiger partial charge in [-0.25, -0.2) is 4.79 Å². The molecule has 2 rings (SSSR count). The third-order valence-corrected chi connectivity index (χ3v) is 4.01. The van der Waals surface area contributed by atoms with Crippen LogP contribution in [0, 0.1) is 0 Å². The first kappa shape index (κ1) is 18.5. The van der Waals surface area contributed by atoms with Gasteiger partial charge in [-0.2, -0.15) is 13.2 Å². The van der Waals surface area contributed by atoms with Crippen LogP contribution >= 0.6 is 0 Å². The number of aliphatic hydroxyl groups is 1. The molecule has 1 atom stereocenters. The number of halogens is 3. The van der Waals surface area contributed by atoms with Crippen LogP contribution in [0.2, 0.25) is 0 Å². The highest BCUT2D eigenvalue weighted by Crippen LogP contribution is 2.31. The summed E-state index contributed by atoms with van der Waals surface area (Å²) in [4.78, 5) is 13.4. The number of benzene rings is 1. The first-order valence-electron chi connectivity index (χ1n) is 7.90. The van der Waals surface area contributed by atoms with Crippen molar-refractivity contribution < 1.29 is 23.1 Å². The normalized spacial score (nSPS) is 15.9. The fraction of sp³-hybridized carbons (Fsp3) is 0.562. The van der Waals surface area contributed by atoms with Gasteiger partial charge in [0, 0.05) is 31.4 Å². The lowest BCUT2D eigenvalue weighted by molar-refractivity contribution is -0.146. The van der Waals surface area contributed by atoms with Gasteiger partial charge in [0.05, 0.1) is 6.54 Å². The van der Waals surface area contributed by atoms with E-state index in [4.69, 9.17) is 5.11 Å². The van der Waals surface area contributed by atoms with Crippen LogP contribution < -0.4 is 10.6 Å². The zero-order chi connectivity index (χ0) is 17.7. The Morgan fingerprint density at radius 3 is 2.75 bits per heavy atom. The lowest BCUT2D eigenvalue weighted by Gasteiger charge is -2.18. The molecule has 0 unspecified atom stereocenters. The van der Waals surface area contributed by atoms with Crippen molar-refractivity contribution in [3.05, 3.63) is 29.3 Å². The largest absolute Gasteiger partial charge is 0.401 e. The summed E-state index contributed by atoms with van der Waals surface area (Å²) in [6.45, 7) is 1.27. The number of amides is 2. The van der Waals surface area contributed by atoms with Gasteiger partial charge < -0.3 is 15.7 Å². The van der Waals surface area contributed by atoms with Gasteiger partial charge in [-0.15, -0.1) is 0 Å². The van der Waals surface area contributed by atoms with Crippen LogP contribution in [0.3, 0.4) is 0 Å². The molecule has 24 heavy (non-hydrogen) atoms. The fourth-order valence-corrected chi connectivity index (χ4v) is 2.85. The van der Waals surface area contributed by atoms with Crippen LogP contribution in [0.4, 0.5) is 23.7 Å². The quantitative estimate of drug-likeness (QED) is 0.743. The predicted molar refractivity (Wildman–Crippen MR) is 84.5 cm³/mol. The monoisotopic (exact) mass is 345 g/mol. The molecule has 1 aromatic rings. The lowest BCUT2D eigenvalue weighted by atomic mass is 10.1. The molecule has 8 heteroatoms. The molecule has 2 amide bonds. The van der Waals surface area contributed by atoms with E-state index in [0.717, 1.165) is 5.56 Å². The highest BCUT2D eigenvalue weighted by atomic mass is 19.4. The van der Waals surface area contributed by atoms with Crippen molar-refractivity contribution in [2.45, 2.75) is 45.1 Å². The molecular formula is C16H22F3N3O2. The number of carbonyl (C=O) groups excluding carboxylic acids is 1. The Morgan fingerprint density at radius 2 is 2.12 bits per heavy atom. The molecular weight excluding hydrogens is 323 g/mol. The molecule has 0 saturated carbocycles. The minimum Gasteiger partial charge on any atom is -0.396 e. The smallest absolute Gasteiger partial charge is 0.396 e. The van der Waals surface area contributed by atoms with E-state index < -0.39 is 18.8 Å². The summed E-state index contributed by atoms with van der Waals surface area (Å²) >= 11 is 0. The summed E-state index contributed by atoms with van der Waals surface area (Å²) in [7, 11) is 0. The number of rotatable bonds is 6. The zero-order valence-electron chi connectivity index (χ0n) is 13.5. The average Bonchev–Trinajstić information content (AvgIpc) is 2.88. The molecule has 0 radical (unpaired) electrons. The molecule has 0 spiro atoms. The van der Waals surface area contributed by atoms with Gasteiger partial charge in [-0.3, -0.25) is 4.90 Å². The van der Waals surface area contributed by atoms with Crippen molar-refractivity contribution in [1.29, 1.82) is 0 Å². The van der Waals surface area contributed by atoms with Crippen LogP contribution in [-0.2, 0) is 13.1 Å². The summed E-state index contributed by atoms with van der Waals surface area (Å²) in [5, 5.41) is 14.4. The maximum Gasteiger partial charge on any atom is 0.401 e. The molecule has 3 N–H and O–H groups in total. The molecule has 1 aliphatic heterocycles. The van der Waals surface area contributed by atoms with E-state index in [9.17, 15) is 18.0 Å². The minimum atomic E-state index is -4.24. The number of nitrogens with one attached hydrogen (secondary N) is 2. The number of hydrogen-bond donors (Lipinski definition) is 3. The van der Waals surface area contributed by atoms with Crippen molar-refractivity contribution in [1.82, 2.24) is 10.2 Å². The van der Waals surface area contributed by atoms with Gasteiger partial charge in [0.2, 0.25) is 0 Å². The predicted octanol–water partition coefficient (Wildman–Crippen LogP) is 2.85. The van der Waals surface area contributed by atoms with Crippen LogP contribution in [0.25, 0.3) is 0 Å². The van der Waals surface area contributed by atoms with Crippen molar-refractivity contribution in [3.8, 4) is 0 Å². The van der Waals surface area contributed by atoms with Crippen LogP contribution in [-0.4, -0.2) is 41.4 Å². The van der Waals surface area contributed by atoms with Gasteiger partial charge in [0.25, 0.3) is 0 Å². The molecule has 5 nitrogen and oxygen atoms in total. The molecule has 1 heterocycles. The summed E-state index contributed by atoms with van der Waals surface area (Å²) in [5.74, 6) is 0. The van der Waals surface area contributed by atoms with Gasteiger partial charge in [-0.05, 0) is 30.0 Å². The van der Waals surface area contributed by atoms with Gasteiger partial charge in [0.15, 0.2) is 0 Å². The maximum absolute atomic E-state index is 12.6. The second-order valence-corrected chi connectivity index (χ2v) is 5.92. The zero-order valence-corrected chi connectivity index (χ0v) is 13.5. The summed E-state index contributed by atoms with van der Waals surface area (Å²) in [6.07, 6.45) is -3.11. The molecule has 1 aliphatic rings. The summed E-state index contributed by atoms with van der Waals surface area (Å²) in [6, 6.07) is 4.61. The third kappa shape index (κ3) is 5.10. The molecule has 0 fully saturated rings. The molecule has 0 aliphatic carbocycles. The fourth-order valence-electron chi connectivity index (χ4n) is 2.85. The Morgan fingerprint density at radius 1 is 1.38 bits per heavy atom. The van der Waals surface area contributed by atoms with E-state index in [1.54, 1.807) is 18.2 Å². The van der Waals surface area contributed by atoms with E-state index >= 15 is 0 Å². The number of anilines is 1. The highest BCUT2D eigenvalue weighted by molar-refractivity contribution is 5.90.